The van der Waals surface area contributed by atoms with Crippen molar-refractivity contribution in [2.24, 2.45) is 9.98 Å². The zero-order valence-electron chi connectivity index (χ0n) is 41.8. The van der Waals surface area contributed by atoms with E-state index < -0.39 is 0 Å². The second-order valence-electron chi connectivity index (χ2n) is 22.3. The molecule has 0 fully saturated rings. The fraction of sp³-hybridized carbons (Fsp3) is 0.536. The van der Waals surface area contributed by atoms with Crippen LogP contribution in [0.3, 0.4) is 0 Å². The van der Waals surface area contributed by atoms with E-state index >= 15 is 0 Å². The topological polar surface area (TPSA) is 83.6 Å². The molecule has 0 radical (unpaired) electrons. The zero-order valence-corrected chi connectivity index (χ0v) is 45.0. The van der Waals surface area contributed by atoms with Crippen molar-refractivity contribution in [3.8, 4) is 23.0 Å². The van der Waals surface area contributed by atoms with Crippen molar-refractivity contribution in [2.75, 3.05) is 49.3 Å². The fourth-order valence-electron chi connectivity index (χ4n) is 8.61. The first-order chi connectivity index (χ1) is 31.0. The van der Waals surface area contributed by atoms with E-state index in [0.717, 1.165) is 105 Å². The predicted molar refractivity (Wildman–Crippen MR) is 290 cm³/mol. The van der Waals surface area contributed by atoms with E-state index in [0.29, 0.717) is 50.4 Å². The molecule has 0 amide bonds. The van der Waals surface area contributed by atoms with E-state index in [-0.39, 0.29) is 21.7 Å². The lowest BCUT2D eigenvalue weighted by Gasteiger charge is -2.28. The maximum Gasteiger partial charge on any atom is 0.126 e. The minimum absolute atomic E-state index is 0.160. The highest BCUT2D eigenvalue weighted by molar-refractivity contribution is 8.39. The summed E-state index contributed by atoms with van der Waals surface area (Å²) in [5, 5.41) is 25.3. The van der Waals surface area contributed by atoms with Crippen LogP contribution in [0.1, 0.15) is 163 Å². The molecule has 10 heteroatoms. The Balaban J connectivity index is 1.43. The quantitative estimate of drug-likeness (QED) is 0.134. The van der Waals surface area contributed by atoms with Crippen molar-refractivity contribution in [1.82, 2.24) is 0 Å². The second kappa shape index (κ2) is 20.8. The van der Waals surface area contributed by atoms with Gasteiger partial charge in [-0.3, -0.25) is 9.98 Å². The van der Waals surface area contributed by atoms with Gasteiger partial charge in [0.05, 0.1) is 26.3 Å². The van der Waals surface area contributed by atoms with Gasteiger partial charge < -0.3 is 19.7 Å². The van der Waals surface area contributed by atoms with Gasteiger partial charge >= 0.3 is 0 Å². The normalized spacial score (nSPS) is 15.8. The highest BCUT2D eigenvalue weighted by Crippen LogP contribution is 2.44. The van der Waals surface area contributed by atoms with Crippen LogP contribution in [0.25, 0.3) is 0 Å². The first-order valence-corrected chi connectivity index (χ1v) is 27.9. The molecule has 4 aromatic rings. The monoisotopic (exact) mass is 966 g/mol. The van der Waals surface area contributed by atoms with Crippen LogP contribution in [0.2, 0.25) is 0 Å². The molecule has 0 spiro atoms. The van der Waals surface area contributed by atoms with Crippen LogP contribution in [0.15, 0.2) is 58.5 Å². The van der Waals surface area contributed by atoms with Gasteiger partial charge in [0, 0.05) is 48.7 Å². The summed E-state index contributed by atoms with van der Waals surface area (Å²) in [5.74, 6) is 6.35. The molecule has 2 aliphatic heterocycles. The zero-order chi connectivity index (χ0) is 47.6. The number of hydrogen-bond acceptors (Lipinski definition) is 10. The lowest BCUT2D eigenvalue weighted by Crippen LogP contribution is -2.17. The van der Waals surface area contributed by atoms with Gasteiger partial charge in [-0.25, -0.2) is 0 Å². The summed E-state index contributed by atoms with van der Waals surface area (Å²) in [6.45, 7) is 30.0. The van der Waals surface area contributed by atoms with E-state index in [1.807, 2.05) is 47.0 Å². The summed E-state index contributed by atoms with van der Waals surface area (Å²) >= 11 is 7.34. The van der Waals surface area contributed by atoms with Crippen molar-refractivity contribution >= 4 is 55.8 Å². The SMILES string of the molecule is CC(C)(C)c1cc2c(O)c(c1)Cc1cc(C(C)(C)C)cc(c1OCCCSC1=NCCS1)Cc1cc(C(C)(C)C)cc(c1O)Cc1cc(C(C)(C)C)cc(c1OCCCSC1=NCCS1)C2. The molecular weight excluding hydrogens is 893 g/mol. The van der Waals surface area contributed by atoms with E-state index in [4.69, 9.17) is 9.47 Å². The fourth-order valence-corrected chi connectivity index (χ4v) is 12.6. The molecule has 1 aliphatic carbocycles. The number of benzene rings is 4. The molecule has 6 nitrogen and oxygen atoms in total. The predicted octanol–water partition coefficient (Wildman–Crippen LogP) is 14.2. The third-order valence-corrected chi connectivity index (χ3v) is 17.3. The molecule has 2 heterocycles. The first kappa shape index (κ1) is 50.7. The summed E-state index contributed by atoms with van der Waals surface area (Å²) in [6.07, 6.45) is 3.73. The van der Waals surface area contributed by atoms with Gasteiger partial charge in [-0.2, -0.15) is 0 Å². The molecule has 0 saturated heterocycles. The third kappa shape index (κ3) is 12.7. The van der Waals surface area contributed by atoms with Crippen molar-refractivity contribution in [3.63, 3.8) is 0 Å². The van der Waals surface area contributed by atoms with Gasteiger partial charge in [0.1, 0.15) is 31.7 Å². The Morgan fingerprint density at radius 2 is 0.727 bits per heavy atom. The smallest absolute Gasteiger partial charge is 0.126 e. The van der Waals surface area contributed by atoms with Crippen molar-refractivity contribution in [2.45, 2.75) is 143 Å². The third-order valence-electron chi connectivity index (χ3n) is 12.6. The van der Waals surface area contributed by atoms with E-state index in [9.17, 15) is 10.2 Å². The molecular formula is C56H74N2O4S4. The number of hydrogen-bond donors (Lipinski definition) is 2. The van der Waals surface area contributed by atoms with Gasteiger partial charge in [0.2, 0.25) is 0 Å². The Kier molecular flexibility index (Phi) is 16.0. The number of fused-ring (bicyclic) bond motifs is 8. The number of phenols is 2. The molecule has 0 saturated carbocycles. The number of thioether (sulfide) groups is 4. The highest BCUT2D eigenvalue weighted by atomic mass is 32.2. The van der Waals surface area contributed by atoms with Crippen molar-refractivity contribution in [3.05, 3.63) is 115 Å². The van der Waals surface area contributed by atoms with Crippen LogP contribution in [-0.2, 0) is 47.3 Å². The molecule has 4 aromatic carbocycles. The Labute approximate surface area is 413 Å². The number of ether oxygens (including phenoxy) is 2. The molecule has 0 aromatic heterocycles. The molecule has 356 valence electrons. The average molecular weight is 967 g/mol. The van der Waals surface area contributed by atoms with Crippen LogP contribution in [0.5, 0.6) is 23.0 Å². The Morgan fingerprint density at radius 1 is 0.455 bits per heavy atom. The Morgan fingerprint density at radius 3 is 0.970 bits per heavy atom. The van der Waals surface area contributed by atoms with E-state index in [1.54, 1.807) is 0 Å². The Hall–Kier alpha value is -3.18. The van der Waals surface area contributed by atoms with E-state index in [1.165, 1.54) is 31.0 Å². The largest absolute Gasteiger partial charge is 0.507 e. The molecule has 0 atom stereocenters. The minimum Gasteiger partial charge on any atom is -0.507 e. The summed E-state index contributed by atoms with van der Waals surface area (Å²) < 4.78 is 16.3. The van der Waals surface area contributed by atoms with Gasteiger partial charge in [0.25, 0.3) is 0 Å². The molecule has 3 aliphatic rings. The first-order valence-electron chi connectivity index (χ1n) is 23.9. The summed E-state index contributed by atoms with van der Waals surface area (Å²) in [5.41, 5.74) is 11.8. The maximum absolute atomic E-state index is 12.7. The highest BCUT2D eigenvalue weighted by Gasteiger charge is 2.29. The number of rotatable bonds is 10. The molecule has 0 unspecified atom stereocenters. The van der Waals surface area contributed by atoms with Crippen LogP contribution in [0.4, 0.5) is 0 Å². The van der Waals surface area contributed by atoms with Gasteiger partial charge in [-0.05, 0) is 101 Å². The van der Waals surface area contributed by atoms with Crippen LogP contribution < -0.4 is 9.47 Å². The average Bonchev–Trinajstić information content (AvgIpc) is 3.95. The van der Waals surface area contributed by atoms with E-state index in [2.05, 4.69) is 142 Å². The molecule has 66 heavy (non-hydrogen) atoms. The molecule has 2 N–H and O–H groups in total. The second-order valence-corrected chi connectivity index (χ2v) is 27.2. The number of aliphatic imine (C=N–C) groups is 2. The minimum atomic E-state index is -0.169. The van der Waals surface area contributed by atoms with Gasteiger partial charge in [-0.1, -0.05) is 179 Å². The lowest BCUT2D eigenvalue weighted by molar-refractivity contribution is 0.312. The van der Waals surface area contributed by atoms with Gasteiger partial charge in [-0.15, -0.1) is 0 Å². The number of nitrogens with zero attached hydrogens (tertiary/aromatic N) is 2. The Bertz CT molecular complexity index is 2200. The van der Waals surface area contributed by atoms with Crippen molar-refractivity contribution in [1.29, 1.82) is 0 Å². The van der Waals surface area contributed by atoms with Crippen LogP contribution in [0, 0.1) is 0 Å². The van der Waals surface area contributed by atoms with Crippen LogP contribution in [-0.4, -0.2) is 68.3 Å². The maximum atomic E-state index is 12.7. The number of aromatic hydroxyl groups is 2. The summed E-state index contributed by atoms with van der Waals surface area (Å²) in [4.78, 5) is 9.30. The standard InChI is InChI=1S/C56H74N2O4S4/c1-53(2,3)43-27-35-23-39-31-45(55(7,8)9)33-41(49(39)61-17-13-19-63-51-57-15-21-65-51)25-37-29-44(54(4,5)6)30-38(48(37)60)26-42-34-46(56(10,11)12)32-40(24-36(28-43)47(35)59)50(42)62-18-14-20-64-52-58-16-22-66-52/h27-34,59-60H,13-26H2,1-12H3. The molecule has 7 rings (SSSR count). The lowest BCUT2D eigenvalue weighted by atomic mass is 9.79. The molecule has 8 bridgehead atoms. The number of phenolic OH excluding ortho intramolecular Hbond substituents is 2. The summed E-state index contributed by atoms with van der Waals surface area (Å²) in [7, 11) is 0. The summed E-state index contributed by atoms with van der Waals surface area (Å²) in [6, 6.07) is 18.1. The van der Waals surface area contributed by atoms with Crippen molar-refractivity contribution < 1.29 is 19.7 Å². The van der Waals surface area contributed by atoms with Crippen LogP contribution >= 0.6 is 47.0 Å². The van der Waals surface area contributed by atoms with Gasteiger partial charge in [0.15, 0.2) is 0 Å².